The molecule has 120 valence electrons. The second-order valence-electron chi connectivity index (χ2n) is 4.89. The van der Waals surface area contributed by atoms with Crippen molar-refractivity contribution in [2.75, 3.05) is 12.0 Å². The molecule has 0 atom stereocenters. The van der Waals surface area contributed by atoms with Gasteiger partial charge in [0.05, 0.1) is 4.92 Å². The zero-order valence-corrected chi connectivity index (χ0v) is 12.7. The van der Waals surface area contributed by atoms with Crippen LogP contribution in [0, 0.1) is 24.0 Å². The van der Waals surface area contributed by atoms with Gasteiger partial charge in [0, 0.05) is 6.07 Å². The average molecular weight is 316 g/mol. The molecule has 2 rings (SSSR count). The van der Waals surface area contributed by atoms with E-state index in [9.17, 15) is 14.9 Å². The van der Waals surface area contributed by atoms with Gasteiger partial charge in [0.25, 0.3) is 11.6 Å². The maximum Gasteiger partial charge on any atom is 0.287 e. The molecule has 0 aliphatic heterocycles. The molecule has 0 saturated carbocycles. The van der Waals surface area contributed by atoms with Crippen LogP contribution in [0.25, 0.3) is 0 Å². The van der Waals surface area contributed by atoms with Crippen molar-refractivity contribution in [3.63, 3.8) is 0 Å². The molecule has 1 amide bonds. The highest BCUT2D eigenvalue weighted by atomic mass is 16.6. The number of aromatic nitrogens is 1. The number of benzene rings is 1. The SMILES string of the molecule is Cc1ccc(C)c(OCC(=O)NNc2ccc([N+](=O)[O-])cn2)c1. The molecule has 0 unspecified atom stereocenters. The van der Waals surface area contributed by atoms with Gasteiger partial charge in [0.1, 0.15) is 17.8 Å². The van der Waals surface area contributed by atoms with Gasteiger partial charge in [-0.15, -0.1) is 0 Å². The summed E-state index contributed by atoms with van der Waals surface area (Å²) in [7, 11) is 0. The number of nitrogens with zero attached hydrogens (tertiary/aromatic N) is 2. The van der Waals surface area contributed by atoms with E-state index in [1.165, 1.54) is 12.1 Å². The number of hydrogen-bond acceptors (Lipinski definition) is 6. The van der Waals surface area contributed by atoms with E-state index in [0.29, 0.717) is 5.75 Å². The number of nitro groups is 1. The fraction of sp³-hybridized carbons (Fsp3) is 0.200. The van der Waals surface area contributed by atoms with Crippen LogP contribution >= 0.6 is 0 Å². The van der Waals surface area contributed by atoms with Crippen LogP contribution in [0.2, 0.25) is 0 Å². The van der Waals surface area contributed by atoms with Crippen molar-refractivity contribution in [3.05, 3.63) is 57.8 Å². The topological polar surface area (TPSA) is 106 Å². The molecule has 1 aromatic heterocycles. The molecule has 8 nitrogen and oxygen atoms in total. The molecule has 1 heterocycles. The van der Waals surface area contributed by atoms with Gasteiger partial charge in [-0.1, -0.05) is 12.1 Å². The van der Waals surface area contributed by atoms with E-state index in [4.69, 9.17) is 4.74 Å². The Bertz CT molecular complexity index is 716. The van der Waals surface area contributed by atoms with Gasteiger partial charge in [-0.3, -0.25) is 25.8 Å². The van der Waals surface area contributed by atoms with Crippen molar-refractivity contribution in [2.24, 2.45) is 0 Å². The highest BCUT2D eigenvalue weighted by molar-refractivity contribution is 5.78. The first kappa shape index (κ1) is 16.2. The maximum atomic E-state index is 11.7. The normalized spacial score (nSPS) is 10.0. The molecule has 8 heteroatoms. The van der Waals surface area contributed by atoms with Crippen LogP contribution < -0.4 is 15.6 Å². The van der Waals surface area contributed by atoms with Crippen LogP contribution in [0.1, 0.15) is 11.1 Å². The summed E-state index contributed by atoms with van der Waals surface area (Å²) in [6, 6.07) is 8.41. The van der Waals surface area contributed by atoms with Crippen molar-refractivity contribution in [3.8, 4) is 5.75 Å². The molecule has 0 bridgehead atoms. The quantitative estimate of drug-likeness (QED) is 0.624. The third-order valence-corrected chi connectivity index (χ3v) is 2.99. The van der Waals surface area contributed by atoms with Crippen molar-refractivity contribution >= 4 is 17.4 Å². The largest absolute Gasteiger partial charge is 0.483 e. The summed E-state index contributed by atoms with van der Waals surface area (Å²) >= 11 is 0. The molecule has 0 spiro atoms. The predicted molar refractivity (Wildman–Crippen MR) is 84.1 cm³/mol. The highest BCUT2D eigenvalue weighted by Crippen LogP contribution is 2.18. The number of anilines is 1. The fourth-order valence-corrected chi connectivity index (χ4v) is 1.74. The van der Waals surface area contributed by atoms with Crippen LogP contribution in [-0.2, 0) is 4.79 Å². The minimum absolute atomic E-state index is 0.125. The number of carbonyl (C=O) groups is 1. The van der Waals surface area contributed by atoms with E-state index in [2.05, 4.69) is 15.8 Å². The van der Waals surface area contributed by atoms with Gasteiger partial charge >= 0.3 is 0 Å². The molecule has 0 aliphatic rings. The lowest BCUT2D eigenvalue weighted by Crippen LogP contribution is -2.34. The molecule has 0 saturated heterocycles. The third-order valence-electron chi connectivity index (χ3n) is 2.99. The summed E-state index contributed by atoms with van der Waals surface area (Å²) in [4.78, 5) is 25.5. The molecule has 2 aromatic rings. The van der Waals surface area contributed by atoms with Crippen molar-refractivity contribution < 1.29 is 14.5 Å². The highest BCUT2D eigenvalue weighted by Gasteiger charge is 2.07. The Morgan fingerprint density at radius 1 is 1.30 bits per heavy atom. The summed E-state index contributed by atoms with van der Waals surface area (Å²) in [6.45, 7) is 3.67. The Morgan fingerprint density at radius 2 is 2.09 bits per heavy atom. The van der Waals surface area contributed by atoms with E-state index in [1.54, 1.807) is 0 Å². The minimum atomic E-state index is -0.548. The zero-order chi connectivity index (χ0) is 16.8. The van der Waals surface area contributed by atoms with Gasteiger partial charge in [-0.2, -0.15) is 0 Å². The Hall–Kier alpha value is -3.16. The summed E-state index contributed by atoms with van der Waals surface area (Å²) in [5.74, 6) is 0.537. The lowest BCUT2D eigenvalue weighted by Gasteiger charge is -2.11. The Morgan fingerprint density at radius 3 is 2.74 bits per heavy atom. The van der Waals surface area contributed by atoms with Crippen molar-refractivity contribution in [2.45, 2.75) is 13.8 Å². The molecule has 0 aliphatic carbocycles. The van der Waals surface area contributed by atoms with Crippen LogP contribution in [0.3, 0.4) is 0 Å². The van der Waals surface area contributed by atoms with E-state index in [1.807, 2.05) is 32.0 Å². The number of nitrogens with one attached hydrogen (secondary N) is 2. The summed E-state index contributed by atoms with van der Waals surface area (Å²) < 4.78 is 5.46. The maximum absolute atomic E-state index is 11.7. The number of aryl methyl sites for hydroxylation is 2. The molecule has 0 fully saturated rings. The van der Waals surface area contributed by atoms with E-state index in [0.717, 1.165) is 17.3 Å². The number of hydrogen-bond donors (Lipinski definition) is 2. The monoisotopic (exact) mass is 316 g/mol. The van der Waals surface area contributed by atoms with Gasteiger partial charge in [0.15, 0.2) is 6.61 Å². The second kappa shape index (κ2) is 7.21. The lowest BCUT2D eigenvalue weighted by molar-refractivity contribution is -0.385. The number of pyridine rings is 1. The van der Waals surface area contributed by atoms with Gasteiger partial charge in [-0.05, 0) is 37.1 Å². The second-order valence-corrected chi connectivity index (χ2v) is 4.89. The Balaban J connectivity index is 1.83. The van der Waals surface area contributed by atoms with Crippen LogP contribution in [-0.4, -0.2) is 22.4 Å². The van der Waals surface area contributed by atoms with Crippen molar-refractivity contribution in [1.29, 1.82) is 0 Å². The number of ether oxygens (including phenoxy) is 1. The lowest BCUT2D eigenvalue weighted by atomic mass is 10.1. The number of amides is 1. The van der Waals surface area contributed by atoms with Gasteiger partial charge < -0.3 is 4.74 Å². The Kier molecular flexibility index (Phi) is 5.08. The van der Waals surface area contributed by atoms with Gasteiger partial charge in [-0.25, -0.2) is 4.98 Å². The van der Waals surface area contributed by atoms with E-state index >= 15 is 0 Å². The molecular weight excluding hydrogens is 300 g/mol. The number of hydrazine groups is 1. The van der Waals surface area contributed by atoms with Crippen molar-refractivity contribution in [1.82, 2.24) is 10.4 Å². The molecule has 0 radical (unpaired) electrons. The standard InChI is InChI=1S/C15H16N4O4/c1-10-3-4-11(2)13(7-10)23-9-15(20)18-17-14-6-5-12(8-16-14)19(21)22/h3-8H,9H2,1-2H3,(H,16,17)(H,18,20). The first-order chi connectivity index (χ1) is 11.0. The van der Waals surface area contributed by atoms with Crippen LogP contribution in [0.5, 0.6) is 5.75 Å². The zero-order valence-electron chi connectivity index (χ0n) is 12.7. The predicted octanol–water partition coefficient (Wildman–Crippen LogP) is 2.13. The van der Waals surface area contributed by atoms with E-state index < -0.39 is 10.8 Å². The van der Waals surface area contributed by atoms with Crippen LogP contribution in [0.4, 0.5) is 11.5 Å². The molecule has 1 aromatic carbocycles. The fourth-order valence-electron chi connectivity index (χ4n) is 1.74. The summed E-state index contributed by atoms with van der Waals surface area (Å²) in [5, 5.41) is 10.5. The molecular formula is C15H16N4O4. The van der Waals surface area contributed by atoms with Gasteiger partial charge in [0.2, 0.25) is 0 Å². The summed E-state index contributed by atoms with van der Waals surface area (Å²) in [5.41, 5.74) is 6.82. The van der Waals surface area contributed by atoms with Crippen LogP contribution in [0.15, 0.2) is 36.5 Å². The number of carbonyl (C=O) groups excluding carboxylic acids is 1. The molecule has 2 N–H and O–H groups in total. The average Bonchev–Trinajstić information content (AvgIpc) is 2.54. The first-order valence-electron chi connectivity index (χ1n) is 6.81. The molecule has 23 heavy (non-hydrogen) atoms. The van der Waals surface area contributed by atoms with E-state index in [-0.39, 0.29) is 18.1 Å². The minimum Gasteiger partial charge on any atom is -0.483 e. The first-order valence-corrected chi connectivity index (χ1v) is 6.81. The summed E-state index contributed by atoms with van der Waals surface area (Å²) in [6.07, 6.45) is 1.10. The Labute approximate surface area is 132 Å². The smallest absolute Gasteiger partial charge is 0.287 e. The number of rotatable bonds is 6. The third kappa shape index (κ3) is 4.67.